The van der Waals surface area contributed by atoms with Gasteiger partial charge in [-0.1, -0.05) is 29.8 Å². The van der Waals surface area contributed by atoms with E-state index < -0.39 is 17.4 Å². The number of fused-ring (bicyclic) bond motifs is 1. The normalized spacial score (nSPS) is 10.7. The Balaban J connectivity index is 2.27. The molecule has 0 saturated carbocycles. The zero-order valence-corrected chi connectivity index (χ0v) is 11.4. The van der Waals surface area contributed by atoms with Gasteiger partial charge in [-0.05, 0) is 30.3 Å². The second-order valence-electron chi connectivity index (χ2n) is 4.45. The average molecular weight is 301 g/mol. The van der Waals surface area contributed by atoms with Crippen molar-refractivity contribution in [1.29, 1.82) is 0 Å². The molecular formula is C16H9ClO4. The molecule has 3 rings (SSSR count). The van der Waals surface area contributed by atoms with Crippen LogP contribution in [0.2, 0.25) is 5.02 Å². The van der Waals surface area contributed by atoms with E-state index in [-0.39, 0.29) is 10.9 Å². The highest BCUT2D eigenvalue weighted by Gasteiger charge is 2.20. The molecule has 1 N–H and O–H groups in total. The molecule has 4 nitrogen and oxygen atoms in total. The molecule has 0 spiro atoms. The number of halogens is 1. The first-order chi connectivity index (χ1) is 10.1. The van der Waals surface area contributed by atoms with Gasteiger partial charge in [-0.2, -0.15) is 0 Å². The number of carbonyl (C=O) groups is 1. The van der Waals surface area contributed by atoms with Gasteiger partial charge in [0.2, 0.25) is 5.78 Å². The van der Waals surface area contributed by atoms with E-state index in [9.17, 15) is 14.7 Å². The summed E-state index contributed by atoms with van der Waals surface area (Å²) in [4.78, 5) is 24.2. The molecule has 0 saturated heterocycles. The first-order valence-corrected chi connectivity index (χ1v) is 6.51. The molecule has 0 amide bonds. The lowest BCUT2D eigenvalue weighted by Crippen LogP contribution is -2.08. The summed E-state index contributed by atoms with van der Waals surface area (Å²) in [5.74, 6) is -1.12. The van der Waals surface area contributed by atoms with Crippen LogP contribution in [0.25, 0.3) is 10.8 Å². The number of carbonyl (C=O) groups excluding carboxylic acids is 1. The molecule has 0 radical (unpaired) electrons. The van der Waals surface area contributed by atoms with Gasteiger partial charge in [0.25, 0.3) is 5.95 Å². The molecule has 104 valence electrons. The van der Waals surface area contributed by atoms with Crippen molar-refractivity contribution in [1.82, 2.24) is 0 Å². The summed E-state index contributed by atoms with van der Waals surface area (Å²) in [6.45, 7) is 0. The Morgan fingerprint density at radius 2 is 1.62 bits per heavy atom. The summed E-state index contributed by atoms with van der Waals surface area (Å²) in [6.07, 6.45) is 0. The van der Waals surface area contributed by atoms with Gasteiger partial charge in [0.15, 0.2) is 0 Å². The van der Waals surface area contributed by atoms with Gasteiger partial charge in [0.05, 0.1) is 5.39 Å². The van der Waals surface area contributed by atoms with Crippen LogP contribution in [0, 0.1) is 0 Å². The molecule has 2 aromatic carbocycles. The Labute approximate surface area is 124 Å². The highest BCUT2D eigenvalue weighted by molar-refractivity contribution is 6.30. The first-order valence-electron chi connectivity index (χ1n) is 6.13. The number of rotatable bonds is 2. The topological polar surface area (TPSA) is 67.5 Å². The maximum Gasteiger partial charge on any atom is 0.346 e. The van der Waals surface area contributed by atoms with Crippen molar-refractivity contribution >= 4 is 28.2 Å². The molecule has 21 heavy (non-hydrogen) atoms. The Morgan fingerprint density at radius 1 is 1.00 bits per heavy atom. The van der Waals surface area contributed by atoms with Crippen LogP contribution in [-0.2, 0) is 0 Å². The molecule has 0 unspecified atom stereocenters. The zero-order valence-electron chi connectivity index (χ0n) is 10.7. The molecule has 1 heterocycles. The zero-order chi connectivity index (χ0) is 15.0. The minimum atomic E-state index is -0.684. The van der Waals surface area contributed by atoms with Gasteiger partial charge in [0, 0.05) is 16.0 Å². The van der Waals surface area contributed by atoms with Gasteiger partial charge < -0.3 is 9.52 Å². The Morgan fingerprint density at radius 3 is 2.29 bits per heavy atom. The molecule has 3 aromatic rings. The van der Waals surface area contributed by atoms with Gasteiger partial charge >= 0.3 is 5.63 Å². The van der Waals surface area contributed by atoms with Crippen molar-refractivity contribution in [2.45, 2.75) is 0 Å². The summed E-state index contributed by atoms with van der Waals surface area (Å²) in [5, 5.41) is 11.0. The van der Waals surface area contributed by atoms with Crippen molar-refractivity contribution in [2.75, 3.05) is 0 Å². The first kappa shape index (κ1) is 13.4. The van der Waals surface area contributed by atoms with Crippen LogP contribution in [0.3, 0.4) is 0 Å². The largest absolute Gasteiger partial charge is 0.480 e. The van der Waals surface area contributed by atoms with Crippen LogP contribution in [0.5, 0.6) is 5.95 Å². The van der Waals surface area contributed by atoms with E-state index in [0.717, 1.165) is 0 Å². The fourth-order valence-corrected chi connectivity index (χ4v) is 2.28. The van der Waals surface area contributed by atoms with Crippen molar-refractivity contribution in [2.24, 2.45) is 0 Å². The predicted octanol–water partition coefficient (Wildman–Crippen LogP) is 3.38. The van der Waals surface area contributed by atoms with E-state index in [4.69, 9.17) is 16.0 Å². The Hall–Kier alpha value is -2.59. The summed E-state index contributed by atoms with van der Waals surface area (Å²) in [5.41, 5.74) is -0.378. The molecule has 5 heteroatoms. The van der Waals surface area contributed by atoms with Crippen LogP contribution in [-0.4, -0.2) is 10.9 Å². The number of hydrogen-bond donors (Lipinski definition) is 1. The number of aromatic hydroxyl groups is 1. The highest BCUT2D eigenvalue weighted by atomic mass is 35.5. The molecule has 0 aliphatic heterocycles. The summed E-state index contributed by atoms with van der Waals surface area (Å²) < 4.78 is 4.74. The Bertz CT molecular complexity index is 894. The number of benzene rings is 2. The molecule has 0 atom stereocenters. The quantitative estimate of drug-likeness (QED) is 0.737. The van der Waals surface area contributed by atoms with E-state index in [1.807, 2.05) is 0 Å². The minimum Gasteiger partial charge on any atom is -0.480 e. The Kier molecular flexibility index (Phi) is 3.23. The van der Waals surface area contributed by atoms with Crippen LogP contribution < -0.4 is 5.63 Å². The molecule has 0 fully saturated rings. The smallest absolute Gasteiger partial charge is 0.346 e. The van der Waals surface area contributed by atoms with Crippen molar-refractivity contribution < 1.29 is 14.3 Å². The lowest BCUT2D eigenvalue weighted by Gasteiger charge is -2.06. The van der Waals surface area contributed by atoms with E-state index in [2.05, 4.69) is 0 Å². The van der Waals surface area contributed by atoms with Crippen molar-refractivity contribution in [3.63, 3.8) is 0 Å². The van der Waals surface area contributed by atoms with E-state index in [0.29, 0.717) is 16.0 Å². The lowest BCUT2D eigenvalue weighted by molar-refractivity contribution is 0.103. The van der Waals surface area contributed by atoms with Crippen LogP contribution in [0.1, 0.15) is 15.9 Å². The third-order valence-electron chi connectivity index (χ3n) is 3.15. The monoisotopic (exact) mass is 300 g/mol. The molecular weight excluding hydrogens is 292 g/mol. The second kappa shape index (κ2) is 5.07. The van der Waals surface area contributed by atoms with Gasteiger partial charge in [-0.25, -0.2) is 4.79 Å². The van der Waals surface area contributed by atoms with E-state index >= 15 is 0 Å². The van der Waals surface area contributed by atoms with Crippen LogP contribution >= 0.6 is 11.6 Å². The lowest BCUT2D eigenvalue weighted by atomic mass is 9.99. The molecule has 0 aliphatic rings. The van der Waals surface area contributed by atoms with Gasteiger partial charge in [-0.3, -0.25) is 4.79 Å². The molecule has 0 aliphatic carbocycles. The SMILES string of the molecule is O=C(c1ccc(Cl)cc1)c1c(O)oc(=O)c2ccccc12. The van der Waals surface area contributed by atoms with Crippen molar-refractivity contribution in [3.05, 3.63) is 75.1 Å². The summed E-state index contributed by atoms with van der Waals surface area (Å²) in [6, 6.07) is 12.7. The fraction of sp³-hybridized carbons (Fsp3) is 0. The fourth-order valence-electron chi connectivity index (χ4n) is 2.15. The maximum atomic E-state index is 12.5. The average Bonchev–Trinajstić information content (AvgIpc) is 2.48. The predicted molar refractivity (Wildman–Crippen MR) is 79.0 cm³/mol. The van der Waals surface area contributed by atoms with E-state index in [1.54, 1.807) is 48.5 Å². The van der Waals surface area contributed by atoms with Gasteiger partial charge in [-0.15, -0.1) is 0 Å². The second-order valence-corrected chi connectivity index (χ2v) is 4.89. The number of hydrogen-bond acceptors (Lipinski definition) is 4. The summed E-state index contributed by atoms with van der Waals surface area (Å²) in [7, 11) is 0. The van der Waals surface area contributed by atoms with Gasteiger partial charge in [0.1, 0.15) is 5.56 Å². The van der Waals surface area contributed by atoms with Crippen LogP contribution in [0.4, 0.5) is 0 Å². The standard InChI is InChI=1S/C16H9ClO4/c17-10-7-5-9(6-8-10)14(18)13-11-3-1-2-4-12(11)15(19)21-16(13)20/h1-8,20H. The third kappa shape index (κ3) is 2.30. The highest BCUT2D eigenvalue weighted by Crippen LogP contribution is 2.27. The number of ketones is 1. The maximum absolute atomic E-state index is 12.5. The van der Waals surface area contributed by atoms with Crippen molar-refractivity contribution in [3.8, 4) is 5.95 Å². The molecule has 1 aromatic heterocycles. The third-order valence-corrected chi connectivity index (χ3v) is 3.41. The summed E-state index contributed by atoms with van der Waals surface area (Å²) >= 11 is 5.79. The van der Waals surface area contributed by atoms with Crippen LogP contribution in [0.15, 0.2) is 57.7 Å². The van der Waals surface area contributed by atoms with E-state index in [1.165, 1.54) is 0 Å². The minimum absolute atomic E-state index is 0.0347. The molecule has 0 bridgehead atoms.